The molecule has 0 spiro atoms. The van der Waals surface area contributed by atoms with Gasteiger partial charge in [0.25, 0.3) is 0 Å². The highest BCUT2D eigenvalue weighted by Crippen LogP contribution is 2.26. The first-order chi connectivity index (χ1) is 8.74. The van der Waals surface area contributed by atoms with Crippen LogP contribution in [0.4, 0.5) is 0 Å². The van der Waals surface area contributed by atoms with Gasteiger partial charge in [0.15, 0.2) is 0 Å². The number of amides is 1. The van der Waals surface area contributed by atoms with Gasteiger partial charge >= 0.3 is 0 Å². The van der Waals surface area contributed by atoms with E-state index in [0.717, 1.165) is 13.0 Å². The minimum Gasteiger partial charge on any atom is -0.341 e. The van der Waals surface area contributed by atoms with E-state index >= 15 is 0 Å². The lowest BCUT2D eigenvalue weighted by atomic mass is 10.1. The minimum atomic E-state index is 0.0247. The molecule has 3 nitrogen and oxygen atoms in total. The van der Waals surface area contributed by atoms with Crippen LogP contribution in [0.3, 0.4) is 0 Å². The van der Waals surface area contributed by atoms with Crippen molar-refractivity contribution in [2.45, 2.75) is 18.9 Å². The van der Waals surface area contributed by atoms with Crippen molar-refractivity contribution in [3.05, 3.63) is 35.2 Å². The van der Waals surface area contributed by atoms with Gasteiger partial charge < -0.3 is 10.6 Å². The van der Waals surface area contributed by atoms with Crippen LogP contribution in [0, 0.1) is 0 Å². The zero-order chi connectivity index (χ0) is 12.5. The molecular weight excluding hydrogens is 244 g/mol. The topological polar surface area (TPSA) is 46.3 Å². The molecule has 1 aliphatic heterocycles. The van der Waals surface area contributed by atoms with E-state index in [0.29, 0.717) is 13.0 Å². The van der Waals surface area contributed by atoms with E-state index in [1.54, 1.807) is 11.3 Å². The summed E-state index contributed by atoms with van der Waals surface area (Å²) in [5, 5.41) is 3.52. The summed E-state index contributed by atoms with van der Waals surface area (Å²) in [6.07, 6.45) is 1.42. The van der Waals surface area contributed by atoms with Gasteiger partial charge in [-0.3, -0.25) is 4.79 Å². The van der Waals surface area contributed by atoms with Gasteiger partial charge in [0.2, 0.25) is 5.91 Å². The Balaban J connectivity index is 1.72. The van der Waals surface area contributed by atoms with Gasteiger partial charge in [-0.25, -0.2) is 0 Å². The molecule has 3 rings (SSSR count). The lowest BCUT2D eigenvalue weighted by molar-refractivity contribution is -0.127. The Labute approximate surface area is 110 Å². The fourth-order valence-corrected chi connectivity index (χ4v) is 3.50. The molecular formula is C14H16N2OS. The lowest BCUT2D eigenvalue weighted by Gasteiger charge is -2.15. The van der Waals surface area contributed by atoms with E-state index in [1.807, 2.05) is 4.90 Å². The SMILES string of the molecule is NC1CC(=O)N(CCc2csc3ccccc23)C1. The number of hydrogen-bond donors (Lipinski definition) is 1. The number of rotatable bonds is 3. The van der Waals surface area contributed by atoms with Crippen molar-refractivity contribution < 1.29 is 4.79 Å². The molecule has 1 aliphatic rings. The van der Waals surface area contributed by atoms with Crippen LogP contribution in [-0.4, -0.2) is 29.9 Å². The maximum atomic E-state index is 11.7. The minimum absolute atomic E-state index is 0.0247. The molecule has 2 heterocycles. The van der Waals surface area contributed by atoms with Crippen molar-refractivity contribution >= 4 is 27.3 Å². The van der Waals surface area contributed by atoms with Gasteiger partial charge in [0.05, 0.1) is 0 Å². The maximum absolute atomic E-state index is 11.7. The summed E-state index contributed by atoms with van der Waals surface area (Å²) < 4.78 is 1.32. The zero-order valence-electron chi connectivity index (χ0n) is 10.1. The predicted molar refractivity (Wildman–Crippen MR) is 74.7 cm³/mol. The molecule has 1 unspecified atom stereocenters. The second kappa shape index (κ2) is 4.71. The summed E-state index contributed by atoms with van der Waals surface area (Å²) in [5.74, 6) is 0.196. The highest BCUT2D eigenvalue weighted by atomic mass is 32.1. The van der Waals surface area contributed by atoms with E-state index < -0.39 is 0 Å². The van der Waals surface area contributed by atoms with Crippen molar-refractivity contribution in [3.63, 3.8) is 0 Å². The number of fused-ring (bicyclic) bond motifs is 1. The monoisotopic (exact) mass is 260 g/mol. The molecule has 18 heavy (non-hydrogen) atoms. The van der Waals surface area contributed by atoms with Crippen molar-refractivity contribution in [1.82, 2.24) is 4.90 Å². The lowest BCUT2D eigenvalue weighted by Crippen LogP contribution is -2.30. The molecule has 1 saturated heterocycles. The Bertz CT molecular complexity index is 578. The molecule has 0 saturated carbocycles. The van der Waals surface area contributed by atoms with Crippen LogP contribution >= 0.6 is 11.3 Å². The smallest absolute Gasteiger partial charge is 0.224 e. The maximum Gasteiger partial charge on any atom is 0.224 e. The van der Waals surface area contributed by atoms with Gasteiger partial charge in [-0.2, -0.15) is 0 Å². The van der Waals surface area contributed by atoms with Crippen LogP contribution in [0.25, 0.3) is 10.1 Å². The summed E-state index contributed by atoms with van der Waals surface area (Å²) in [4.78, 5) is 13.5. The molecule has 1 fully saturated rings. The number of thiophene rings is 1. The molecule has 4 heteroatoms. The molecule has 0 radical (unpaired) electrons. The fraction of sp³-hybridized carbons (Fsp3) is 0.357. The van der Waals surface area contributed by atoms with Crippen LogP contribution in [-0.2, 0) is 11.2 Å². The quantitative estimate of drug-likeness (QED) is 0.917. The van der Waals surface area contributed by atoms with Crippen LogP contribution in [0.5, 0.6) is 0 Å². The number of hydrogen-bond acceptors (Lipinski definition) is 3. The number of nitrogens with two attached hydrogens (primary N) is 1. The molecule has 1 amide bonds. The molecule has 2 N–H and O–H groups in total. The summed E-state index contributed by atoms with van der Waals surface area (Å²) in [6, 6.07) is 8.44. The Morgan fingerprint density at radius 2 is 2.22 bits per heavy atom. The van der Waals surface area contributed by atoms with Gasteiger partial charge in [-0.05, 0) is 28.8 Å². The molecule has 1 aromatic carbocycles. The highest BCUT2D eigenvalue weighted by molar-refractivity contribution is 7.17. The van der Waals surface area contributed by atoms with E-state index in [1.165, 1.54) is 15.6 Å². The third kappa shape index (κ3) is 2.13. The number of benzene rings is 1. The molecule has 0 aliphatic carbocycles. The van der Waals surface area contributed by atoms with Crippen molar-refractivity contribution in [2.24, 2.45) is 5.73 Å². The number of carbonyl (C=O) groups excluding carboxylic acids is 1. The van der Waals surface area contributed by atoms with Crippen LogP contribution < -0.4 is 5.73 Å². The third-order valence-corrected chi connectivity index (χ3v) is 4.47. The second-order valence-electron chi connectivity index (χ2n) is 4.81. The first-order valence-corrected chi connectivity index (χ1v) is 7.10. The summed E-state index contributed by atoms with van der Waals surface area (Å²) >= 11 is 1.77. The molecule has 0 bridgehead atoms. The van der Waals surface area contributed by atoms with Gasteiger partial charge in [0.1, 0.15) is 0 Å². The van der Waals surface area contributed by atoms with Gasteiger partial charge in [-0.15, -0.1) is 11.3 Å². The van der Waals surface area contributed by atoms with Crippen LogP contribution in [0.2, 0.25) is 0 Å². The summed E-state index contributed by atoms with van der Waals surface area (Å²) in [6.45, 7) is 1.49. The average molecular weight is 260 g/mol. The van der Waals surface area contributed by atoms with Crippen molar-refractivity contribution in [3.8, 4) is 0 Å². The van der Waals surface area contributed by atoms with E-state index in [-0.39, 0.29) is 11.9 Å². The van der Waals surface area contributed by atoms with Crippen LogP contribution in [0.15, 0.2) is 29.6 Å². The fourth-order valence-electron chi connectivity index (χ4n) is 2.50. The number of nitrogens with zero attached hydrogens (tertiary/aromatic N) is 1. The molecule has 2 aromatic rings. The highest BCUT2D eigenvalue weighted by Gasteiger charge is 2.26. The van der Waals surface area contributed by atoms with E-state index in [2.05, 4.69) is 29.6 Å². The largest absolute Gasteiger partial charge is 0.341 e. The van der Waals surface area contributed by atoms with Gasteiger partial charge in [0, 0.05) is 30.3 Å². The second-order valence-corrected chi connectivity index (χ2v) is 5.72. The Morgan fingerprint density at radius 1 is 1.39 bits per heavy atom. The summed E-state index contributed by atoms with van der Waals surface area (Å²) in [7, 11) is 0. The zero-order valence-corrected chi connectivity index (χ0v) is 11.0. The standard InChI is InChI=1S/C14H16N2OS/c15-11-7-14(17)16(8-11)6-5-10-9-18-13-4-2-1-3-12(10)13/h1-4,9,11H,5-8,15H2. The molecule has 1 aromatic heterocycles. The Kier molecular flexibility index (Phi) is 3.06. The van der Waals surface area contributed by atoms with Crippen molar-refractivity contribution in [2.75, 3.05) is 13.1 Å². The first-order valence-electron chi connectivity index (χ1n) is 6.22. The van der Waals surface area contributed by atoms with E-state index in [4.69, 9.17) is 5.73 Å². The summed E-state index contributed by atoms with van der Waals surface area (Å²) in [5.41, 5.74) is 7.13. The van der Waals surface area contributed by atoms with Gasteiger partial charge in [-0.1, -0.05) is 18.2 Å². The number of carbonyl (C=O) groups is 1. The van der Waals surface area contributed by atoms with E-state index in [9.17, 15) is 4.79 Å². The Hall–Kier alpha value is -1.39. The van der Waals surface area contributed by atoms with Crippen molar-refractivity contribution in [1.29, 1.82) is 0 Å². The number of likely N-dealkylation sites (tertiary alicyclic amines) is 1. The average Bonchev–Trinajstić information content (AvgIpc) is 2.90. The molecule has 94 valence electrons. The first kappa shape index (κ1) is 11.7. The molecule has 1 atom stereocenters. The van der Waals surface area contributed by atoms with Crippen LogP contribution in [0.1, 0.15) is 12.0 Å². The Morgan fingerprint density at radius 3 is 3.00 bits per heavy atom. The normalized spacial score (nSPS) is 19.9. The third-order valence-electron chi connectivity index (χ3n) is 3.46. The predicted octanol–water partition coefficient (Wildman–Crippen LogP) is 2.00.